The molecule has 2 aromatic carbocycles. The topological polar surface area (TPSA) is 77.3 Å². The van der Waals surface area contributed by atoms with Gasteiger partial charge in [0.1, 0.15) is 0 Å². The predicted molar refractivity (Wildman–Crippen MR) is 148 cm³/mol. The summed E-state index contributed by atoms with van der Waals surface area (Å²) in [6.07, 6.45) is 2.40. The second kappa shape index (κ2) is 13.0. The number of ether oxygens (including phenoxy) is 1. The number of halogens is 3. The van der Waals surface area contributed by atoms with E-state index in [4.69, 9.17) is 39.5 Å². The Kier molecular flexibility index (Phi) is 9.76. The zero-order valence-electron chi connectivity index (χ0n) is 20.3. The monoisotopic (exact) mass is 580 g/mol. The third-order valence-electron chi connectivity index (χ3n) is 6.14. The number of benzene rings is 2. The van der Waals surface area contributed by atoms with Crippen LogP contribution in [0.2, 0.25) is 15.1 Å². The molecule has 2 heterocycles. The van der Waals surface area contributed by atoms with Crippen LogP contribution >= 0.6 is 46.6 Å². The average molecular weight is 582 g/mol. The first-order valence-corrected chi connectivity index (χ1v) is 14.2. The zero-order chi connectivity index (χ0) is 26.4. The van der Waals surface area contributed by atoms with Crippen molar-refractivity contribution in [1.29, 1.82) is 0 Å². The van der Waals surface area contributed by atoms with Gasteiger partial charge >= 0.3 is 5.97 Å². The summed E-state index contributed by atoms with van der Waals surface area (Å²) in [5.41, 5.74) is 1.51. The van der Waals surface area contributed by atoms with E-state index in [1.165, 1.54) is 11.8 Å². The first-order chi connectivity index (χ1) is 17.9. The molecule has 7 nitrogen and oxygen atoms in total. The maximum Gasteiger partial charge on any atom is 0.309 e. The molecule has 196 valence electrons. The molecule has 1 fully saturated rings. The Labute approximate surface area is 235 Å². The van der Waals surface area contributed by atoms with Crippen molar-refractivity contribution in [2.75, 3.05) is 25.4 Å². The number of thioether (sulfide) groups is 1. The number of aromatic nitrogens is 3. The largest absolute Gasteiger partial charge is 0.466 e. The molecule has 0 saturated carbocycles. The summed E-state index contributed by atoms with van der Waals surface area (Å²) in [5, 5.41) is 10.9. The van der Waals surface area contributed by atoms with Crippen LogP contribution in [0.1, 0.15) is 32.6 Å². The van der Waals surface area contributed by atoms with Crippen LogP contribution in [0.5, 0.6) is 0 Å². The van der Waals surface area contributed by atoms with Gasteiger partial charge in [0.25, 0.3) is 0 Å². The molecule has 0 spiro atoms. The number of amides is 1. The summed E-state index contributed by atoms with van der Waals surface area (Å²) in [5.74, 6) is 1.10. The van der Waals surface area contributed by atoms with Crippen molar-refractivity contribution in [3.8, 4) is 17.1 Å². The number of hydrogen-bond donors (Lipinski definition) is 0. The fourth-order valence-corrected chi connectivity index (χ4v) is 5.61. The molecule has 1 aliphatic heterocycles. The highest BCUT2D eigenvalue weighted by molar-refractivity contribution is 7.99. The van der Waals surface area contributed by atoms with E-state index in [1.807, 2.05) is 33.7 Å². The van der Waals surface area contributed by atoms with E-state index in [-0.39, 0.29) is 17.8 Å². The summed E-state index contributed by atoms with van der Waals surface area (Å²) in [4.78, 5) is 26.5. The normalized spacial score (nSPS) is 14.1. The van der Waals surface area contributed by atoms with Crippen molar-refractivity contribution in [3.05, 3.63) is 57.5 Å². The van der Waals surface area contributed by atoms with Gasteiger partial charge < -0.3 is 9.64 Å². The Bertz CT molecular complexity index is 1260. The summed E-state index contributed by atoms with van der Waals surface area (Å²) in [6, 6.07) is 12.8. The lowest BCUT2D eigenvalue weighted by Gasteiger charge is -2.31. The van der Waals surface area contributed by atoms with E-state index < -0.39 is 0 Å². The molecule has 1 saturated heterocycles. The Morgan fingerprint density at radius 1 is 1.03 bits per heavy atom. The molecule has 1 amide bonds. The van der Waals surface area contributed by atoms with Crippen molar-refractivity contribution in [2.45, 2.75) is 37.8 Å². The van der Waals surface area contributed by atoms with Crippen LogP contribution in [0, 0.1) is 5.92 Å². The summed E-state index contributed by atoms with van der Waals surface area (Å²) in [7, 11) is 0. The van der Waals surface area contributed by atoms with Gasteiger partial charge in [0.05, 0.1) is 33.3 Å². The number of rotatable bonds is 9. The third kappa shape index (κ3) is 6.79. The second-order valence-electron chi connectivity index (χ2n) is 8.58. The smallest absolute Gasteiger partial charge is 0.309 e. The molecule has 1 aromatic heterocycles. The second-order valence-corrected chi connectivity index (χ2v) is 10.9. The highest BCUT2D eigenvalue weighted by Crippen LogP contribution is 2.34. The van der Waals surface area contributed by atoms with Crippen LogP contribution < -0.4 is 0 Å². The molecule has 3 aromatic rings. The molecule has 0 bridgehead atoms. The number of hydrogen-bond acceptors (Lipinski definition) is 6. The van der Waals surface area contributed by atoms with Gasteiger partial charge in [-0.25, -0.2) is 0 Å². The molecule has 4 rings (SSSR count). The molecule has 0 atom stereocenters. The molecule has 0 aliphatic carbocycles. The fraction of sp³-hybridized carbons (Fsp3) is 0.385. The number of esters is 1. The number of carbonyl (C=O) groups excluding carboxylic acids is 2. The van der Waals surface area contributed by atoms with Crippen molar-refractivity contribution in [3.63, 3.8) is 0 Å². The number of likely N-dealkylation sites (tertiary alicyclic amines) is 1. The number of carbonyl (C=O) groups is 2. The first-order valence-electron chi connectivity index (χ1n) is 12.1. The van der Waals surface area contributed by atoms with Crippen LogP contribution in [0.4, 0.5) is 0 Å². The van der Waals surface area contributed by atoms with Crippen LogP contribution in [-0.4, -0.2) is 57.0 Å². The van der Waals surface area contributed by atoms with Crippen LogP contribution in [0.3, 0.4) is 0 Å². The van der Waals surface area contributed by atoms with Crippen LogP contribution in [-0.2, 0) is 14.3 Å². The Morgan fingerprint density at radius 2 is 1.78 bits per heavy atom. The van der Waals surface area contributed by atoms with Gasteiger partial charge in [-0.3, -0.25) is 14.2 Å². The van der Waals surface area contributed by atoms with E-state index in [0.717, 1.165) is 11.3 Å². The highest BCUT2D eigenvalue weighted by atomic mass is 35.5. The molecular weight excluding hydrogens is 555 g/mol. The number of nitrogens with zero attached hydrogens (tertiary/aromatic N) is 4. The Balaban J connectivity index is 1.40. The Hall–Kier alpha value is -2.26. The van der Waals surface area contributed by atoms with Crippen molar-refractivity contribution in [2.24, 2.45) is 5.92 Å². The van der Waals surface area contributed by atoms with E-state index in [9.17, 15) is 9.59 Å². The Morgan fingerprint density at radius 3 is 2.49 bits per heavy atom. The number of piperidine rings is 1. The molecule has 0 radical (unpaired) electrons. The molecule has 1 aliphatic rings. The lowest BCUT2D eigenvalue weighted by Crippen LogP contribution is -2.40. The summed E-state index contributed by atoms with van der Waals surface area (Å²) >= 11 is 20.4. The van der Waals surface area contributed by atoms with Crippen LogP contribution in [0.15, 0.2) is 47.6 Å². The van der Waals surface area contributed by atoms with Crippen molar-refractivity contribution < 1.29 is 14.3 Å². The average Bonchev–Trinajstić information content (AvgIpc) is 3.32. The lowest BCUT2D eigenvalue weighted by atomic mass is 9.97. The maximum atomic E-state index is 12.7. The fourth-order valence-electron chi connectivity index (χ4n) is 4.21. The highest BCUT2D eigenvalue weighted by Gasteiger charge is 2.28. The van der Waals surface area contributed by atoms with Gasteiger partial charge in [-0.15, -0.1) is 10.2 Å². The van der Waals surface area contributed by atoms with Gasteiger partial charge in [0.15, 0.2) is 11.0 Å². The molecule has 37 heavy (non-hydrogen) atoms. The SMILES string of the molecule is CCOC(=O)C1CCN(C(=O)CCCSc2nnc(-c3ccccc3Cl)n2-c2ccc(Cl)c(Cl)c2)CC1. The van der Waals surface area contributed by atoms with Gasteiger partial charge in [-0.05, 0) is 56.5 Å². The van der Waals surface area contributed by atoms with Gasteiger partial charge in [-0.1, -0.05) is 58.7 Å². The van der Waals surface area contributed by atoms with E-state index in [0.29, 0.717) is 77.2 Å². The minimum Gasteiger partial charge on any atom is -0.466 e. The van der Waals surface area contributed by atoms with Crippen molar-refractivity contribution in [1.82, 2.24) is 19.7 Å². The van der Waals surface area contributed by atoms with Crippen molar-refractivity contribution >= 4 is 58.4 Å². The minimum atomic E-state index is -0.159. The van der Waals surface area contributed by atoms with E-state index in [2.05, 4.69) is 10.2 Å². The molecule has 0 N–H and O–H groups in total. The van der Waals surface area contributed by atoms with E-state index >= 15 is 0 Å². The predicted octanol–water partition coefficient (Wildman–Crippen LogP) is 6.57. The quantitative estimate of drug-likeness (QED) is 0.162. The zero-order valence-corrected chi connectivity index (χ0v) is 23.4. The van der Waals surface area contributed by atoms with Crippen LogP contribution in [0.25, 0.3) is 17.1 Å². The molecule has 0 unspecified atom stereocenters. The molecule has 11 heteroatoms. The first kappa shape index (κ1) is 27.8. The summed E-state index contributed by atoms with van der Waals surface area (Å²) in [6.45, 7) is 3.36. The standard InChI is InChI=1S/C26H27Cl3N4O3S/c1-2-36-25(35)17-11-13-32(14-12-17)23(34)8-5-15-37-26-31-30-24(19-6-3-4-7-20(19)27)33(26)18-9-10-21(28)22(29)16-18/h3-4,6-7,9-10,16-17H,2,5,8,11-15H2,1H3. The van der Waals surface area contributed by atoms with E-state index in [1.54, 1.807) is 25.1 Å². The van der Waals surface area contributed by atoms with Gasteiger partial charge in [0, 0.05) is 30.8 Å². The lowest BCUT2D eigenvalue weighted by molar-refractivity contribution is -0.151. The molecular formula is C26H27Cl3N4O3S. The van der Waals surface area contributed by atoms with Gasteiger partial charge in [0.2, 0.25) is 5.91 Å². The summed E-state index contributed by atoms with van der Waals surface area (Å²) < 4.78 is 7.01. The minimum absolute atomic E-state index is 0.102. The maximum absolute atomic E-state index is 12.7. The third-order valence-corrected chi connectivity index (χ3v) is 8.23. The van der Waals surface area contributed by atoms with Gasteiger partial charge in [-0.2, -0.15) is 0 Å².